The van der Waals surface area contributed by atoms with Crippen molar-refractivity contribution in [2.45, 2.75) is 19.4 Å². The first-order chi connectivity index (χ1) is 9.01. The monoisotopic (exact) mass is 318 g/mol. The zero-order chi connectivity index (χ0) is 13.9. The maximum atomic E-state index is 12.1. The van der Waals surface area contributed by atoms with Gasteiger partial charge in [0.1, 0.15) is 0 Å². The van der Waals surface area contributed by atoms with Crippen molar-refractivity contribution in [3.05, 3.63) is 34.9 Å². The normalized spacial score (nSPS) is 22.9. The molecule has 1 amide bonds. The molecule has 1 aliphatic heterocycles. The predicted octanol–water partition coefficient (Wildman–Crippen LogP) is 1.91. The number of benzene rings is 1. The molecule has 1 heterocycles. The standard InChI is InChI=1S/C14H19ClN2O2.ClH/c1-14(6-7-16-9-14)13(19)17-8-12(18)10-2-4-11(15)5-3-10;/h2-5,12,16,18H,6-9H2,1H3,(H,17,19);1H. The molecule has 0 spiro atoms. The van der Waals surface area contributed by atoms with E-state index in [0.29, 0.717) is 11.6 Å². The molecule has 4 nitrogen and oxygen atoms in total. The molecule has 0 saturated carbocycles. The van der Waals surface area contributed by atoms with Crippen molar-refractivity contribution < 1.29 is 9.90 Å². The zero-order valence-corrected chi connectivity index (χ0v) is 12.9. The molecule has 1 fully saturated rings. The minimum atomic E-state index is -0.709. The molecule has 3 N–H and O–H groups in total. The van der Waals surface area contributed by atoms with Crippen LogP contribution in [0.1, 0.15) is 25.0 Å². The second kappa shape index (κ2) is 7.27. The number of carbonyl (C=O) groups excluding carboxylic acids is 1. The van der Waals surface area contributed by atoms with Gasteiger partial charge in [-0.2, -0.15) is 0 Å². The number of hydrogen-bond donors (Lipinski definition) is 3. The van der Waals surface area contributed by atoms with Crippen molar-refractivity contribution in [3.63, 3.8) is 0 Å². The Morgan fingerprint density at radius 3 is 2.70 bits per heavy atom. The van der Waals surface area contributed by atoms with Gasteiger partial charge in [0.05, 0.1) is 11.5 Å². The Morgan fingerprint density at radius 1 is 1.50 bits per heavy atom. The summed E-state index contributed by atoms with van der Waals surface area (Å²) in [5.41, 5.74) is 0.388. The highest BCUT2D eigenvalue weighted by molar-refractivity contribution is 6.30. The largest absolute Gasteiger partial charge is 0.387 e. The number of hydrogen-bond acceptors (Lipinski definition) is 3. The van der Waals surface area contributed by atoms with E-state index in [-0.39, 0.29) is 30.3 Å². The fraction of sp³-hybridized carbons (Fsp3) is 0.500. The van der Waals surface area contributed by atoms with E-state index in [1.165, 1.54) is 0 Å². The van der Waals surface area contributed by atoms with Gasteiger partial charge < -0.3 is 15.7 Å². The Hall–Kier alpha value is -0.810. The van der Waals surface area contributed by atoms with Gasteiger partial charge in [0.25, 0.3) is 0 Å². The average Bonchev–Trinajstić information content (AvgIpc) is 2.84. The van der Waals surface area contributed by atoms with E-state index in [0.717, 1.165) is 18.5 Å². The first-order valence-corrected chi connectivity index (χ1v) is 6.82. The van der Waals surface area contributed by atoms with Gasteiger partial charge in [-0.3, -0.25) is 4.79 Å². The van der Waals surface area contributed by atoms with Crippen molar-refractivity contribution >= 4 is 29.9 Å². The van der Waals surface area contributed by atoms with E-state index in [1.807, 2.05) is 6.92 Å². The first-order valence-electron chi connectivity index (χ1n) is 6.44. The van der Waals surface area contributed by atoms with Gasteiger partial charge in [-0.1, -0.05) is 23.7 Å². The van der Waals surface area contributed by atoms with Gasteiger partial charge in [-0.15, -0.1) is 12.4 Å². The van der Waals surface area contributed by atoms with E-state index >= 15 is 0 Å². The van der Waals surface area contributed by atoms with Crippen LogP contribution in [0.25, 0.3) is 0 Å². The van der Waals surface area contributed by atoms with Crippen LogP contribution in [0.2, 0.25) is 5.02 Å². The van der Waals surface area contributed by atoms with Crippen molar-refractivity contribution in [1.82, 2.24) is 10.6 Å². The van der Waals surface area contributed by atoms with Gasteiger partial charge >= 0.3 is 0 Å². The lowest BCUT2D eigenvalue weighted by atomic mass is 9.89. The first kappa shape index (κ1) is 17.2. The van der Waals surface area contributed by atoms with E-state index in [9.17, 15) is 9.90 Å². The third-order valence-electron chi connectivity index (χ3n) is 3.63. The summed E-state index contributed by atoms with van der Waals surface area (Å²) >= 11 is 5.79. The summed E-state index contributed by atoms with van der Waals surface area (Å²) in [5, 5.41) is 16.6. The summed E-state index contributed by atoms with van der Waals surface area (Å²) in [7, 11) is 0. The van der Waals surface area contributed by atoms with Crippen LogP contribution in [0.15, 0.2) is 24.3 Å². The molecule has 112 valence electrons. The van der Waals surface area contributed by atoms with E-state index in [2.05, 4.69) is 10.6 Å². The maximum absolute atomic E-state index is 12.1. The zero-order valence-electron chi connectivity index (χ0n) is 11.4. The van der Waals surface area contributed by atoms with Gasteiger partial charge in [-0.05, 0) is 37.6 Å². The lowest BCUT2D eigenvalue weighted by Gasteiger charge is -2.22. The molecule has 6 heteroatoms. The molecule has 1 aliphatic rings. The number of carbonyl (C=O) groups is 1. The number of aliphatic hydroxyl groups excluding tert-OH is 1. The van der Waals surface area contributed by atoms with Crippen molar-refractivity contribution in [2.75, 3.05) is 19.6 Å². The Labute approximate surface area is 130 Å². The van der Waals surface area contributed by atoms with Crippen LogP contribution in [0.4, 0.5) is 0 Å². The topological polar surface area (TPSA) is 61.4 Å². The smallest absolute Gasteiger partial charge is 0.227 e. The number of aliphatic hydroxyl groups is 1. The molecular formula is C14H20Cl2N2O2. The molecule has 20 heavy (non-hydrogen) atoms. The van der Waals surface area contributed by atoms with Crippen LogP contribution < -0.4 is 10.6 Å². The molecule has 2 unspecified atom stereocenters. The highest BCUT2D eigenvalue weighted by Gasteiger charge is 2.36. The summed E-state index contributed by atoms with van der Waals surface area (Å²) in [6.07, 6.45) is 0.120. The van der Waals surface area contributed by atoms with E-state index in [4.69, 9.17) is 11.6 Å². The molecule has 2 atom stereocenters. The highest BCUT2D eigenvalue weighted by atomic mass is 35.5. The third-order valence-corrected chi connectivity index (χ3v) is 3.88. The Kier molecular flexibility index (Phi) is 6.27. The van der Waals surface area contributed by atoms with Crippen molar-refractivity contribution in [3.8, 4) is 0 Å². The molecule has 0 aromatic heterocycles. The Bertz CT molecular complexity index is 445. The number of rotatable bonds is 4. The fourth-order valence-corrected chi connectivity index (χ4v) is 2.34. The lowest BCUT2D eigenvalue weighted by molar-refractivity contribution is -0.129. The lowest BCUT2D eigenvalue weighted by Crippen LogP contribution is -2.41. The molecule has 0 aliphatic carbocycles. The average molecular weight is 319 g/mol. The number of halogens is 2. The molecule has 1 aromatic rings. The maximum Gasteiger partial charge on any atom is 0.227 e. The fourth-order valence-electron chi connectivity index (χ4n) is 2.22. The minimum Gasteiger partial charge on any atom is -0.387 e. The van der Waals surface area contributed by atoms with Crippen molar-refractivity contribution in [1.29, 1.82) is 0 Å². The van der Waals surface area contributed by atoms with Crippen molar-refractivity contribution in [2.24, 2.45) is 5.41 Å². The van der Waals surface area contributed by atoms with Crippen LogP contribution in [-0.4, -0.2) is 30.6 Å². The Balaban J connectivity index is 0.00000200. The highest BCUT2D eigenvalue weighted by Crippen LogP contribution is 2.24. The molecule has 1 aromatic carbocycles. The van der Waals surface area contributed by atoms with Crippen LogP contribution in [0.3, 0.4) is 0 Å². The molecule has 0 bridgehead atoms. The van der Waals surface area contributed by atoms with Crippen LogP contribution in [0, 0.1) is 5.41 Å². The second-order valence-electron chi connectivity index (χ2n) is 5.26. The quantitative estimate of drug-likeness (QED) is 0.794. The summed E-state index contributed by atoms with van der Waals surface area (Å²) in [5.74, 6) is -0.00878. The number of nitrogens with one attached hydrogen (secondary N) is 2. The summed E-state index contributed by atoms with van der Waals surface area (Å²) in [4.78, 5) is 12.1. The SMILES string of the molecule is CC1(C(=O)NCC(O)c2ccc(Cl)cc2)CCNC1.Cl. The predicted molar refractivity (Wildman–Crippen MR) is 82.3 cm³/mol. The second-order valence-corrected chi connectivity index (χ2v) is 5.70. The van der Waals surface area contributed by atoms with Gasteiger partial charge in [0, 0.05) is 18.1 Å². The summed E-state index contributed by atoms with van der Waals surface area (Å²) in [6.45, 7) is 3.71. The van der Waals surface area contributed by atoms with Gasteiger partial charge in [0.15, 0.2) is 0 Å². The summed E-state index contributed by atoms with van der Waals surface area (Å²) < 4.78 is 0. The van der Waals surface area contributed by atoms with Crippen LogP contribution >= 0.6 is 24.0 Å². The molecule has 0 radical (unpaired) electrons. The number of amides is 1. The third kappa shape index (κ3) is 4.09. The Morgan fingerprint density at radius 2 is 2.15 bits per heavy atom. The summed E-state index contributed by atoms with van der Waals surface area (Å²) in [6, 6.07) is 6.98. The van der Waals surface area contributed by atoms with E-state index in [1.54, 1.807) is 24.3 Å². The molecular weight excluding hydrogens is 299 g/mol. The van der Waals surface area contributed by atoms with Crippen LogP contribution in [0.5, 0.6) is 0 Å². The van der Waals surface area contributed by atoms with Gasteiger partial charge in [-0.25, -0.2) is 0 Å². The molecule has 2 rings (SSSR count). The van der Waals surface area contributed by atoms with Gasteiger partial charge in [0.2, 0.25) is 5.91 Å². The minimum absolute atomic E-state index is 0. The molecule has 1 saturated heterocycles. The van der Waals surface area contributed by atoms with Crippen LogP contribution in [-0.2, 0) is 4.79 Å². The van der Waals surface area contributed by atoms with E-state index < -0.39 is 6.10 Å².